The molecule has 1 atom stereocenters. The largest absolute Gasteiger partial charge is 0.299 e. The highest BCUT2D eigenvalue weighted by Gasteiger charge is 1.97. The van der Waals surface area contributed by atoms with Crippen molar-refractivity contribution in [3.8, 4) is 0 Å². The molecule has 1 aromatic rings. The Hall–Kier alpha value is -0.900. The Bertz CT molecular complexity index is 157. The molecule has 1 unspecified atom stereocenters. The van der Waals surface area contributed by atoms with E-state index in [-0.39, 0.29) is 6.17 Å². The van der Waals surface area contributed by atoms with Crippen molar-refractivity contribution in [3.05, 3.63) is 12.4 Å². The van der Waals surface area contributed by atoms with Gasteiger partial charge in [-0.1, -0.05) is 5.21 Å². The molecule has 1 N–H and O–H groups in total. The fraction of sp³-hybridized carbons (Fsp3) is 0.600. The lowest BCUT2D eigenvalue weighted by atomic mass is 10.6. The van der Waals surface area contributed by atoms with Crippen molar-refractivity contribution in [2.24, 2.45) is 0 Å². The molecule has 0 spiro atoms. The second kappa shape index (κ2) is 2.59. The summed E-state index contributed by atoms with van der Waals surface area (Å²) in [6.45, 7) is 2.01. The monoisotopic (exact) mass is 126 g/mol. The van der Waals surface area contributed by atoms with Gasteiger partial charge in [0, 0.05) is 6.20 Å². The highest BCUT2D eigenvalue weighted by molar-refractivity contribution is 4.67. The van der Waals surface area contributed by atoms with Gasteiger partial charge >= 0.3 is 0 Å². The summed E-state index contributed by atoms with van der Waals surface area (Å²) in [5.41, 5.74) is 0. The van der Waals surface area contributed by atoms with E-state index >= 15 is 0 Å². The van der Waals surface area contributed by atoms with E-state index in [1.807, 2.05) is 20.2 Å². The Morgan fingerprint density at radius 1 is 1.67 bits per heavy atom. The molecule has 0 amide bonds. The van der Waals surface area contributed by atoms with Gasteiger partial charge in [0.25, 0.3) is 0 Å². The highest BCUT2D eigenvalue weighted by atomic mass is 15.5. The van der Waals surface area contributed by atoms with Gasteiger partial charge in [-0.15, -0.1) is 5.10 Å². The Morgan fingerprint density at radius 2 is 2.44 bits per heavy atom. The van der Waals surface area contributed by atoms with Gasteiger partial charge in [0.1, 0.15) is 0 Å². The van der Waals surface area contributed by atoms with Crippen LogP contribution in [0, 0.1) is 0 Å². The van der Waals surface area contributed by atoms with Gasteiger partial charge in [-0.3, -0.25) is 5.32 Å². The summed E-state index contributed by atoms with van der Waals surface area (Å²) in [7, 11) is 1.88. The maximum atomic E-state index is 3.79. The molecule has 0 fully saturated rings. The van der Waals surface area contributed by atoms with Crippen LogP contribution in [0.2, 0.25) is 0 Å². The SMILES string of the molecule is CNC(C)n1ccnn1. The maximum absolute atomic E-state index is 3.79. The molecular weight excluding hydrogens is 116 g/mol. The molecule has 4 nitrogen and oxygen atoms in total. The van der Waals surface area contributed by atoms with Gasteiger partial charge in [-0.05, 0) is 14.0 Å². The van der Waals surface area contributed by atoms with Crippen LogP contribution in [-0.2, 0) is 0 Å². The summed E-state index contributed by atoms with van der Waals surface area (Å²) in [4.78, 5) is 0. The topological polar surface area (TPSA) is 42.7 Å². The van der Waals surface area contributed by atoms with Crippen LogP contribution in [0.4, 0.5) is 0 Å². The van der Waals surface area contributed by atoms with E-state index in [0.29, 0.717) is 0 Å². The second-order valence-electron chi connectivity index (χ2n) is 1.85. The van der Waals surface area contributed by atoms with E-state index in [0.717, 1.165) is 0 Å². The van der Waals surface area contributed by atoms with E-state index in [1.54, 1.807) is 10.9 Å². The predicted octanol–water partition coefficient (Wildman–Crippen LogP) is 0.0160. The lowest BCUT2D eigenvalue weighted by molar-refractivity contribution is 0.422. The minimum absolute atomic E-state index is 0.229. The second-order valence-corrected chi connectivity index (χ2v) is 1.85. The summed E-state index contributed by atoms with van der Waals surface area (Å²) in [5.74, 6) is 0. The van der Waals surface area contributed by atoms with Crippen LogP contribution < -0.4 is 5.32 Å². The minimum atomic E-state index is 0.229. The standard InChI is InChI=1S/C5H10N4/c1-5(6-2)9-4-3-7-8-9/h3-6H,1-2H3. The molecular formula is C5H10N4. The predicted molar refractivity (Wildman–Crippen MR) is 33.8 cm³/mol. The summed E-state index contributed by atoms with van der Waals surface area (Å²) in [6, 6.07) is 0. The number of aromatic nitrogens is 3. The van der Waals surface area contributed by atoms with Crippen LogP contribution in [0.5, 0.6) is 0 Å². The lowest BCUT2D eigenvalue weighted by Crippen LogP contribution is -2.20. The summed E-state index contributed by atoms with van der Waals surface area (Å²) in [5, 5.41) is 10.5. The molecule has 0 saturated carbocycles. The molecule has 1 heterocycles. The van der Waals surface area contributed by atoms with Crippen LogP contribution in [-0.4, -0.2) is 22.0 Å². The third kappa shape index (κ3) is 1.26. The quantitative estimate of drug-likeness (QED) is 0.607. The van der Waals surface area contributed by atoms with E-state index in [1.165, 1.54) is 0 Å². The van der Waals surface area contributed by atoms with Crippen LogP contribution in [0.25, 0.3) is 0 Å². The van der Waals surface area contributed by atoms with Crippen LogP contribution in [0.1, 0.15) is 13.1 Å². The Morgan fingerprint density at radius 3 is 2.89 bits per heavy atom. The Kier molecular flexibility index (Phi) is 1.79. The fourth-order valence-electron chi connectivity index (χ4n) is 0.556. The summed E-state index contributed by atoms with van der Waals surface area (Å²) < 4.78 is 1.75. The fourth-order valence-corrected chi connectivity index (χ4v) is 0.556. The van der Waals surface area contributed by atoms with E-state index in [9.17, 15) is 0 Å². The van der Waals surface area contributed by atoms with Crippen molar-refractivity contribution in [1.29, 1.82) is 0 Å². The van der Waals surface area contributed by atoms with Gasteiger partial charge in [-0.25, -0.2) is 4.68 Å². The molecule has 0 aromatic carbocycles. The first kappa shape index (κ1) is 6.22. The molecule has 4 heteroatoms. The number of nitrogens with one attached hydrogen (secondary N) is 1. The van der Waals surface area contributed by atoms with E-state index in [2.05, 4.69) is 15.6 Å². The zero-order chi connectivity index (χ0) is 6.69. The molecule has 0 radical (unpaired) electrons. The first-order chi connectivity index (χ1) is 4.34. The minimum Gasteiger partial charge on any atom is -0.299 e. The highest BCUT2D eigenvalue weighted by Crippen LogP contribution is 1.93. The molecule has 0 bridgehead atoms. The zero-order valence-electron chi connectivity index (χ0n) is 5.57. The first-order valence-corrected chi connectivity index (χ1v) is 2.87. The summed E-state index contributed by atoms with van der Waals surface area (Å²) >= 11 is 0. The zero-order valence-corrected chi connectivity index (χ0v) is 5.57. The van der Waals surface area contributed by atoms with Gasteiger partial charge in [0.15, 0.2) is 0 Å². The van der Waals surface area contributed by atoms with Crippen molar-refractivity contribution in [1.82, 2.24) is 20.3 Å². The number of hydrogen-bond acceptors (Lipinski definition) is 3. The third-order valence-electron chi connectivity index (χ3n) is 1.26. The van der Waals surface area contributed by atoms with Crippen LogP contribution >= 0.6 is 0 Å². The van der Waals surface area contributed by atoms with Crippen LogP contribution in [0.15, 0.2) is 12.4 Å². The number of nitrogens with zero attached hydrogens (tertiary/aromatic N) is 3. The van der Waals surface area contributed by atoms with Crippen molar-refractivity contribution >= 4 is 0 Å². The summed E-state index contributed by atoms with van der Waals surface area (Å²) in [6.07, 6.45) is 3.71. The maximum Gasteiger partial charge on any atom is 0.1000 e. The molecule has 0 saturated heterocycles. The number of hydrogen-bond donors (Lipinski definition) is 1. The molecule has 0 aliphatic heterocycles. The van der Waals surface area contributed by atoms with Gasteiger partial charge in [-0.2, -0.15) is 0 Å². The average Bonchev–Trinajstić information content (AvgIpc) is 2.37. The van der Waals surface area contributed by atoms with E-state index < -0.39 is 0 Å². The number of rotatable bonds is 2. The van der Waals surface area contributed by atoms with Gasteiger partial charge < -0.3 is 0 Å². The smallest absolute Gasteiger partial charge is 0.1000 e. The Labute approximate surface area is 53.9 Å². The molecule has 1 rings (SSSR count). The van der Waals surface area contributed by atoms with Crippen LogP contribution in [0.3, 0.4) is 0 Å². The lowest BCUT2D eigenvalue weighted by Gasteiger charge is -2.07. The molecule has 50 valence electrons. The average molecular weight is 126 g/mol. The normalized spacial score (nSPS) is 13.6. The van der Waals surface area contributed by atoms with E-state index in [4.69, 9.17) is 0 Å². The molecule has 0 aliphatic carbocycles. The molecule has 0 aliphatic rings. The van der Waals surface area contributed by atoms with Crippen molar-refractivity contribution in [3.63, 3.8) is 0 Å². The first-order valence-electron chi connectivity index (χ1n) is 2.87. The van der Waals surface area contributed by atoms with Gasteiger partial charge in [0.2, 0.25) is 0 Å². The van der Waals surface area contributed by atoms with Crippen molar-refractivity contribution in [2.45, 2.75) is 13.1 Å². The van der Waals surface area contributed by atoms with Gasteiger partial charge in [0.05, 0.1) is 12.4 Å². The Balaban J connectivity index is 2.65. The van der Waals surface area contributed by atoms with Crippen molar-refractivity contribution < 1.29 is 0 Å². The molecule has 9 heavy (non-hydrogen) atoms. The molecule has 1 aromatic heterocycles. The van der Waals surface area contributed by atoms with Crippen molar-refractivity contribution in [2.75, 3.05) is 7.05 Å². The third-order valence-corrected chi connectivity index (χ3v) is 1.26.